The molecule has 0 radical (unpaired) electrons. The Hall–Kier alpha value is -2.81. The standard InChI is InChI=1S/C22H26N2O4/c1-15-7-8-18-17(13-27-19(18)11-15)12-20(25)28-16(2)21(26)24(3)22(14-23)9-5-4-6-10-22/h7-8,11,13,16H,4-6,9-10,12H2,1-3H3/t16-/m1/s1. The van der Waals surface area contributed by atoms with E-state index in [1.807, 2.05) is 25.1 Å². The number of hydrogen-bond donors (Lipinski definition) is 0. The van der Waals surface area contributed by atoms with E-state index in [2.05, 4.69) is 6.07 Å². The maximum Gasteiger partial charge on any atom is 0.311 e. The zero-order chi connectivity index (χ0) is 20.3. The van der Waals surface area contributed by atoms with Crippen molar-refractivity contribution >= 4 is 22.8 Å². The fourth-order valence-electron chi connectivity index (χ4n) is 3.91. The minimum absolute atomic E-state index is 0.0286. The molecule has 1 fully saturated rings. The summed E-state index contributed by atoms with van der Waals surface area (Å²) in [6.45, 7) is 3.53. The molecule has 0 saturated heterocycles. The van der Waals surface area contributed by atoms with Crippen molar-refractivity contribution in [2.24, 2.45) is 0 Å². The topological polar surface area (TPSA) is 83.5 Å². The first-order chi connectivity index (χ1) is 13.4. The van der Waals surface area contributed by atoms with Gasteiger partial charge in [-0.2, -0.15) is 5.26 Å². The van der Waals surface area contributed by atoms with E-state index in [1.54, 1.807) is 20.2 Å². The predicted octanol–water partition coefficient (Wildman–Crippen LogP) is 3.90. The van der Waals surface area contributed by atoms with Crippen LogP contribution in [0, 0.1) is 18.3 Å². The lowest BCUT2D eigenvalue weighted by Gasteiger charge is -2.39. The molecule has 1 aromatic heterocycles. The molecule has 0 unspecified atom stereocenters. The average Bonchev–Trinajstić information content (AvgIpc) is 3.08. The molecule has 0 bridgehead atoms. The second kappa shape index (κ2) is 8.05. The Kier molecular flexibility index (Phi) is 5.73. The van der Waals surface area contributed by atoms with Gasteiger partial charge >= 0.3 is 5.97 Å². The number of hydrogen-bond acceptors (Lipinski definition) is 5. The Morgan fingerprint density at radius 1 is 1.32 bits per heavy atom. The summed E-state index contributed by atoms with van der Waals surface area (Å²) in [6, 6.07) is 8.11. The van der Waals surface area contributed by atoms with Crippen LogP contribution in [0.4, 0.5) is 0 Å². The normalized spacial score (nSPS) is 16.9. The molecule has 1 saturated carbocycles. The summed E-state index contributed by atoms with van der Waals surface area (Å²) in [4.78, 5) is 26.6. The van der Waals surface area contributed by atoms with Crippen LogP contribution >= 0.6 is 0 Å². The van der Waals surface area contributed by atoms with Crippen molar-refractivity contribution < 1.29 is 18.7 Å². The minimum atomic E-state index is -0.940. The molecule has 1 heterocycles. The van der Waals surface area contributed by atoms with Gasteiger partial charge in [-0.1, -0.05) is 31.4 Å². The van der Waals surface area contributed by atoms with Crippen LogP contribution in [0.5, 0.6) is 0 Å². The zero-order valence-corrected chi connectivity index (χ0v) is 16.7. The number of nitriles is 1. The molecule has 0 aliphatic heterocycles. The van der Waals surface area contributed by atoms with Gasteiger partial charge in [0.1, 0.15) is 11.1 Å². The molecule has 0 spiro atoms. The van der Waals surface area contributed by atoms with Gasteiger partial charge in [-0.25, -0.2) is 0 Å². The van der Waals surface area contributed by atoms with Crippen molar-refractivity contribution in [3.05, 3.63) is 35.6 Å². The summed E-state index contributed by atoms with van der Waals surface area (Å²) in [5, 5.41) is 10.5. The number of aryl methyl sites for hydroxylation is 1. The molecule has 1 aliphatic carbocycles. The van der Waals surface area contributed by atoms with Crippen molar-refractivity contribution in [2.75, 3.05) is 7.05 Å². The van der Waals surface area contributed by atoms with Gasteiger partial charge in [0, 0.05) is 18.0 Å². The van der Waals surface area contributed by atoms with Gasteiger partial charge in [-0.05, 0) is 38.3 Å². The number of benzene rings is 1. The summed E-state index contributed by atoms with van der Waals surface area (Å²) in [5.41, 5.74) is 1.73. The maximum atomic E-state index is 12.8. The first kappa shape index (κ1) is 19.9. The molecular formula is C22H26N2O4. The predicted molar refractivity (Wildman–Crippen MR) is 104 cm³/mol. The SMILES string of the molecule is Cc1ccc2c(CC(=O)O[C@H](C)C(=O)N(C)C3(C#N)CCCCC3)coc2c1. The second-order valence-corrected chi connectivity index (χ2v) is 7.67. The van der Waals surface area contributed by atoms with Crippen molar-refractivity contribution in [2.45, 2.75) is 64.0 Å². The Labute approximate surface area is 165 Å². The summed E-state index contributed by atoms with van der Waals surface area (Å²) in [7, 11) is 1.63. The molecule has 6 heteroatoms. The number of ether oxygens (including phenoxy) is 1. The van der Waals surface area contributed by atoms with Gasteiger partial charge in [-0.3, -0.25) is 9.59 Å². The molecular weight excluding hydrogens is 356 g/mol. The van der Waals surface area contributed by atoms with E-state index in [4.69, 9.17) is 9.15 Å². The summed E-state index contributed by atoms with van der Waals surface area (Å²) in [6.07, 6.45) is 4.88. The minimum Gasteiger partial charge on any atom is -0.464 e. The number of esters is 1. The highest BCUT2D eigenvalue weighted by molar-refractivity contribution is 5.88. The van der Waals surface area contributed by atoms with E-state index in [9.17, 15) is 14.9 Å². The van der Waals surface area contributed by atoms with E-state index < -0.39 is 17.6 Å². The summed E-state index contributed by atoms with van der Waals surface area (Å²) < 4.78 is 10.9. The van der Waals surface area contributed by atoms with Gasteiger partial charge in [0.25, 0.3) is 5.91 Å². The van der Waals surface area contributed by atoms with E-state index in [0.29, 0.717) is 12.8 Å². The van der Waals surface area contributed by atoms with Crippen LogP contribution in [0.3, 0.4) is 0 Å². The van der Waals surface area contributed by atoms with Gasteiger partial charge in [0.2, 0.25) is 0 Å². The number of amides is 1. The Morgan fingerprint density at radius 3 is 2.71 bits per heavy atom. The van der Waals surface area contributed by atoms with E-state index in [1.165, 1.54) is 4.90 Å². The third kappa shape index (κ3) is 3.89. The van der Waals surface area contributed by atoms with E-state index in [-0.39, 0.29) is 12.3 Å². The lowest BCUT2D eigenvalue weighted by molar-refractivity contribution is -0.160. The smallest absolute Gasteiger partial charge is 0.311 e. The fraction of sp³-hybridized carbons (Fsp3) is 0.500. The molecule has 6 nitrogen and oxygen atoms in total. The van der Waals surface area contributed by atoms with E-state index >= 15 is 0 Å². The number of furan rings is 1. The second-order valence-electron chi connectivity index (χ2n) is 7.67. The zero-order valence-electron chi connectivity index (χ0n) is 16.7. The highest BCUT2D eigenvalue weighted by Crippen LogP contribution is 2.33. The first-order valence-electron chi connectivity index (χ1n) is 9.71. The third-order valence-electron chi connectivity index (χ3n) is 5.66. The van der Waals surface area contributed by atoms with Crippen LogP contribution < -0.4 is 0 Å². The van der Waals surface area contributed by atoms with Crippen LogP contribution in [-0.2, 0) is 20.7 Å². The quantitative estimate of drug-likeness (QED) is 0.732. The molecule has 2 aromatic rings. The van der Waals surface area contributed by atoms with Crippen LogP contribution in [0.15, 0.2) is 28.9 Å². The molecule has 1 atom stereocenters. The van der Waals surface area contributed by atoms with Crippen molar-refractivity contribution in [3.63, 3.8) is 0 Å². The van der Waals surface area contributed by atoms with Crippen molar-refractivity contribution in [3.8, 4) is 6.07 Å². The Bertz CT molecular complexity index is 918. The lowest BCUT2D eigenvalue weighted by Crippen LogP contribution is -2.53. The molecule has 1 aromatic carbocycles. The van der Waals surface area contributed by atoms with Crippen molar-refractivity contribution in [1.82, 2.24) is 4.90 Å². The van der Waals surface area contributed by atoms with Crippen molar-refractivity contribution in [1.29, 1.82) is 5.26 Å². The van der Waals surface area contributed by atoms with Crippen LogP contribution in [0.1, 0.15) is 50.2 Å². The third-order valence-corrected chi connectivity index (χ3v) is 5.66. The van der Waals surface area contributed by atoms with Crippen LogP contribution in [-0.4, -0.2) is 35.5 Å². The van der Waals surface area contributed by atoms with Crippen LogP contribution in [0.2, 0.25) is 0 Å². The van der Waals surface area contributed by atoms with Gasteiger partial charge in [0.15, 0.2) is 6.10 Å². The number of fused-ring (bicyclic) bond motifs is 1. The number of rotatable bonds is 5. The first-order valence-corrected chi connectivity index (χ1v) is 9.71. The molecule has 3 rings (SSSR count). The number of carbonyl (C=O) groups excluding carboxylic acids is 2. The monoisotopic (exact) mass is 382 g/mol. The summed E-state index contributed by atoms with van der Waals surface area (Å²) in [5.74, 6) is -0.836. The Morgan fingerprint density at radius 2 is 2.04 bits per heavy atom. The molecule has 148 valence electrons. The Balaban J connectivity index is 1.64. The molecule has 1 amide bonds. The number of carbonyl (C=O) groups is 2. The fourth-order valence-corrected chi connectivity index (χ4v) is 3.91. The molecule has 1 aliphatic rings. The molecule has 0 N–H and O–H groups in total. The average molecular weight is 382 g/mol. The van der Waals surface area contributed by atoms with Gasteiger partial charge < -0.3 is 14.1 Å². The number of likely N-dealkylation sites (N-methyl/N-ethyl adjacent to an activating group) is 1. The number of nitrogens with zero attached hydrogens (tertiary/aromatic N) is 2. The largest absolute Gasteiger partial charge is 0.464 e. The van der Waals surface area contributed by atoms with Gasteiger partial charge in [-0.15, -0.1) is 0 Å². The summed E-state index contributed by atoms with van der Waals surface area (Å²) >= 11 is 0. The highest BCUT2D eigenvalue weighted by Gasteiger charge is 2.40. The highest BCUT2D eigenvalue weighted by atomic mass is 16.5. The molecule has 28 heavy (non-hydrogen) atoms. The van der Waals surface area contributed by atoms with Gasteiger partial charge in [0.05, 0.1) is 18.8 Å². The maximum absolute atomic E-state index is 12.8. The van der Waals surface area contributed by atoms with Crippen LogP contribution in [0.25, 0.3) is 11.0 Å². The van der Waals surface area contributed by atoms with E-state index in [0.717, 1.165) is 41.4 Å². The lowest BCUT2D eigenvalue weighted by atomic mass is 9.81.